The zero-order valence-electron chi connectivity index (χ0n) is 22.8. The molecule has 1 heterocycles. The summed E-state index contributed by atoms with van der Waals surface area (Å²) >= 11 is 0. The summed E-state index contributed by atoms with van der Waals surface area (Å²) in [6, 6.07) is 4.25. The lowest BCUT2D eigenvalue weighted by atomic mass is 9.53. The second kappa shape index (κ2) is 9.16. The number of methoxy groups -OCH3 is 3. The Morgan fingerprint density at radius 2 is 1.74 bits per heavy atom. The smallest absolute Gasteiger partial charge is 0.253 e. The van der Waals surface area contributed by atoms with Gasteiger partial charge in [-0.1, -0.05) is 19.1 Å². The number of aliphatic hydroxyl groups excluding tert-OH is 3. The molecule has 1 aliphatic heterocycles. The molecule has 0 aromatic heterocycles. The zero-order valence-corrected chi connectivity index (χ0v) is 22.8. The van der Waals surface area contributed by atoms with Crippen LogP contribution in [0, 0.1) is 11.8 Å². The van der Waals surface area contributed by atoms with Crippen LogP contribution in [0.3, 0.4) is 0 Å². The minimum atomic E-state index is -2.64. The summed E-state index contributed by atoms with van der Waals surface area (Å²) in [5.41, 5.74) is 3.79. The van der Waals surface area contributed by atoms with Crippen molar-refractivity contribution >= 4 is 5.91 Å². The Morgan fingerprint density at radius 3 is 2.26 bits per heavy atom. The lowest BCUT2D eigenvalue weighted by molar-refractivity contribution is -0.318. The summed E-state index contributed by atoms with van der Waals surface area (Å²) < 4.78 is 29.4. The topological polar surface area (TPSA) is 173 Å². The van der Waals surface area contributed by atoms with Crippen molar-refractivity contribution in [3.8, 4) is 5.75 Å². The first kappa shape index (κ1) is 27.8. The summed E-state index contributed by atoms with van der Waals surface area (Å²) in [6.45, 7) is 2.19. The van der Waals surface area contributed by atoms with Crippen molar-refractivity contribution in [2.45, 2.75) is 42.2 Å². The van der Waals surface area contributed by atoms with Gasteiger partial charge in [0.2, 0.25) is 11.6 Å². The van der Waals surface area contributed by atoms with Crippen molar-refractivity contribution in [1.82, 2.24) is 4.90 Å². The molecule has 6 N–H and O–H groups in total. The van der Waals surface area contributed by atoms with Crippen LogP contribution < -0.4 is 10.5 Å². The molecule has 0 radical (unpaired) electrons. The van der Waals surface area contributed by atoms with E-state index in [1.165, 1.54) is 12.0 Å². The van der Waals surface area contributed by atoms with E-state index in [1.54, 1.807) is 20.2 Å². The number of hydrogen-bond acceptors (Lipinski definition) is 11. The Kier molecular flexibility index (Phi) is 6.54. The number of hydrogen-bond donors (Lipinski definition) is 5. The molecule has 4 aliphatic rings. The van der Waals surface area contributed by atoms with Crippen LogP contribution >= 0.6 is 0 Å². The van der Waals surface area contributed by atoms with Gasteiger partial charge in [0.1, 0.15) is 22.8 Å². The lowest BCUT2D eigenvalue weighted by Gasteiger charge is -2.61. The minimum Gasteiger partial charge on any atom is -0.510 e. The zero-order chi connectivity index (χ0) is 28.7. The number of primary amides is 1. The predicted molar refractivity (Wildman–Crippen MR) is 136 cm³/mol. The molecule has 5 rings (SSSR count). The molecule has 1 fully saturated rings. The molecule has 0 bridgehead atoms. The Labute approximate surface area is 226 Å². The largest absolute Gasteiger partial charge is 0.510 e. The van der Waals surface area contributed by atoms with Gasteiger partial charge in [-0.3, -0.25) is 9.69 Å². The van der Waals surface area contributed by atoms with E-state index in [1.807, 2.05) is 19.1 Å². The van der Waals surface area contributed by atoms with Crippen molar-refractivity contribution in [2.24, 2.45) is 17.6 Å². The van der Waals surface area contributed by atoms with Gasteiger partial charge in [0.25, 0.3) is 5.91 Å². The quantitative estimate of drug-likeness (QED) is 0.322. The van der Waals surface area contributed by atoms with Crippen molar-refractivity contribution < 1.29 is 48.9 Å². The molecular weight excluding hydrogens is 512 g/mol. The molecule has 12 nitrogen and oxygen atoms in total. The number of likely N-dealkylation sites (N-methyl/N-ethyl adjacent to an activating group) is 1. The van der Waals surface area contributed by atoms with Crippen LogP contribution in [0.4, 0.5) is 0 Å². The Balaban J connectivity index is 1.94. The normalized spacial score (nSPS) is 34.6. The van der Waals surface area contributed by atoms with Crippen molar-refractivity contribution in [1.29, 1.82) is 0 Å². The van der Waals surface area contributed by atoms with Crippen LogP contribution in [0.2, 0.25) is 0 Å². The number of aliphatic hydroxyl groups is 4. The molecule has 0 unspecified atom stereocenters. The highest BCUT2D eigenvalue weighted by Gasteiger charge is 2.76. The molecule has 12 heteroatoms. The van der Waals surface area contributed by atoms with Crippen molar-refractivity contribution in [3.63, 3.8) is 0 Å². The van der Waals surface area contributed by atoms with E-state index in [9.17, 15) is 25.2 Å². The fourth-order valence-electron chi connectivity index (χ4n) is 7.49. The van der Waals surface area contributed by atoms with E-state index in [2.05, 4.69) is 0 Å². The minimum absolute atomic E-state index is 0.0527. The van der Waals surface area contributed by atoms with Gasteiger partial charge >= 0.3 is 0 Å². The summed E-state index contributed by atoms with van der Waals surface area (Å²) in [5, 5.41) is 48.6. The molecule has 214 valence electrons. The highest BCUT2D eigenvalue weighted by Crippen LogP contribution is 2.64. The van der Waals surface area contributed by atoms with E-state index >= 15 is 0 Å². The molecule has 1 spiro atoms. The third kappa shape index (κ3) is 3.16. The van der Waals surface area contributed by atoms with Crippen LogP contribution in [0.15, 0.2) is 40.9 Å². The summed E-state index contributed by atoms with van der Waals surface area (Å²) in [4.78, 5) is 14.3. The maximum Gasteiger partial charge on any atom is 0.253 e. The van der Waals surface area contributed by atoms with Crippen LogP contribution in [0.25, 0.3) is 0 Å². The fraction of sp³-hybridized carbons (Fsp3) is 0.593. The number of benzene rings is 1. The highest BCUT2D eigenvalue weighted by molar-refractivity contribution is 5.95. The van der Waals surface area contributed by atoms with Crippen LogP contribution in [-0.4, -0.2) is 103 Å². The molecule has 6 atom stereocenters. The molecule has 1 aromatic rings. The van der Waals surface area contributed by atoms with E-state index in [0.717, 1.165) is 19.8 Å². The molecular formula is C27H36N2O10. The Bertz CT molecular complexity index is 1250. The van der Waals surface area contributed by atoms with E-state index < -0.39 is 70.1 Å². The number of nitrogens with two attached hydrogens (primary N) is 1. The van der Waals surface area contributed by atoms with Gasteiger partial charge in [-0.05, 0) is 31.6 Å². The SMILES string of the molecule is COc1cccc2c1C1(OCCO1)C1=C(O)[C@@]3(O)[C@@H]([C@@H](O)[C@@H]1[C@H]2C)[C@H](N(C)C)C(O)=C(C(N)=O)C3(OC)OC. The number of nitrogens with zero attached hydrogens (tertiary/aromatic N) is 1. The molecule has 3 aliphatic carbocycles. The van der Waals surface area contributed by atoms with Crippen molar-refractivity contribution in [3.05, 3.63) is 52.0 Å². The number of amides is 1. The van der Waals surface area contributed by atoms with Crippen LogP contribution in [-0.2, 0) is 29.5 Å². The number of carbonyl (C=O) groups excluding carboxylic acids is 1. The number of rotatable bonds is 5. The highest BCUT2D eigenvalue weighted by atomic mass is 16.7. The van der Waals surface area contributed by atoms with Crippen LogP contribution in [0.1, 0.15) is 24.0 Å². The number of fused-ring (bicyclic) bond motifs is 5. The lowest BCUT2D eigenvalue weighted by Crippen LogP contribution is -2.76. The number of ether oxygens (including phenoxy) is 5. The summed E-state index contributed by atoms with van der Waals surface area (Å²) in [6.07, 6.45) is -1.44. The monoisotopic (exact) mass is 548 g/mol. The fourth-order valence-corrected chi connectivity index (χ4v) is 7.49. The third-order valence-electron chi connectivity index (χ3n) is 8.94. The average Bonchev–Trinajstić information content (AvgIpc) is 3.38. The van der Waals surface area contributed by atoms with E-state index in [4.69, 9.17) is 29.4 Å². The standard InChI is InChI=1S/C27H36N2O10/c1-12-13-8-7-9-14(35-4)16(13)26(38-10-11-39-26)17-15(12)21(30)18-20(29(2)3)22(31)19(24(28)33)27(36-5,37-6)25(18,34)23(17)32/h7-9,12,15,18,20-21,30-32,34H,10-11H2,1-6H3,(H2,28,33)/t12-,15+,18+,20-,21-,25-/m0/s1. The number of carbonyl (C=O) groups is 1. The van der Waals surface area contributed by atoms with Crippen molar-refractivity contribution in [2.75, 3.05) is 48.6 Å². The van der Waals surface area contributed by atoms with E-state index in [-0.39, 0.29) is 18.8 Å². The second-order valence-electron chi connectivity index (χ2n) is 10.7. The maximum absolute atomic E-state index is 12.8. The van der Waals surface area contributed by atoms with Gasteiger partial charge in [0.15, 0.2) is 5.60 Å². The molecule has 1 aromatic carbocycles. The first-order valence-corrected chi connectivity index (χ1v) is 12.7. The molecule has 1 saturated heterocycles. The first-order chi connectivity index (χ1) is 18.4. The van der Waals surface area contributed by atoms with Gasteiger partial charge in [-0.15, -0.1) is 0 Å². The predicted octanol–water partition coefficient (Wildman–Crippen LogP) is 0.392. The second-order valence-corrected chi connectivity index (χ2v) is 10.7. The summed E-state index contributed by atoms with van der Waals surface area (Å²) in [5.74, 6) is -8.83. The van der Waals surface area contributed by atoms with Gasteiger partial charge in [0, 0.05) is 25.7 Å². The van der Waals surface area contributed by atoms with Gasteiger partial charge in [-0.2, -0.15) is 0 Å². The Hall–Kier alpha value is -2.71. The first-order valence-electron chi connectivity index (χ1n) is 12.7. The van der Waals surface area contributed by atoms with E-state index in [0.29, 0.717) is 11.3 Å². The third-order valence-corrected chi connectivity index (χ3v) is 8.94. The van der Waals surface area contributed by atoms with Gasteiger partial charge < -0.3 is 49.8 Å². The molecule has 0 saturated carbocycles. The maximum atomic E-state index is 12.8. The average molecular weight is 549 g/mol. The Morgan fingerprint density at radius 1 is 1.13 bits per heavy atom. The van der Waals surface area contributed by atoms with Gasteiger partial charge in [0.05, 0.1) is 44.0 Å². The molecule has 39 heavy (non-hydrogen) atoms. The summed E-state index contributed by atoms with van der Waals surface area (Å²) in [7, 11) is 6.98. The molecule has 1 amide bonds. The van der Waals surface area contributed by atoms with Gasteiger partial charge in [-0.25, -0.2) is 0 Å². The van der Waals surface area contributed by atoms with Crippen LogP contribution in [0.5, 0.6) is 5.75 Å².